The molecule has 3 rings (SSSR count). The number of hydrogen-bond acceptors (Lipinski definition) is 5. The number of hydrogen-bond donors (Lipinski definition) is 2. The van der Waals surface area contributed by atoms with Crippen molar-refractivity contribution in [2.75, 3.05) is 32.1 Å². The fourth-order valence-corrected chi connectivity index (χ4v) is 5.36. The van der Waals surface area contributed by atoms with E-state index < -0.39 is 15.9 Å². The Morgan fingerprint density at radius 2 is 1.75 bits per heavy atom. The lowest BCUT2D eigenvalue weighted by atomic mass is 10.2. The molecular formula is C23H29N3O5S. The van der Waals surface area contributed by atoms with Crippen LogP contribution in [-0.2, 0) is 14.8 Å². The highest BCUT2D eigenvalue weighted by Gasteiger charge is 2.27. The van der Waals surface area contributed by atoms with Crippen LogP contribution in [-0.4, -0.2) is 51.3 Å². The van der Waals surface area contributed by atoms with Crippen LogP contribution in [0.15, 0.2) is 47.4 Å². The summed E-state index contributed by atoms with van der Waals surface area (Å²) < 4.78 is 33.4. The summed E-state index contributed by atoms with van der Waals surface area (Å²) in [4.78, 5) is 24.3. The molecule has 1 aliphatic rings. The van der Waals surface area contributed by atoms with Crippen molar-refractivity contribution in [1.29, 1.82) is 0 Å². The van der Waals surface area contributed by atoms with Crippen molar-refractivity contribution in [1.82, 2.24) is 9.62 Å². The normalized spacial score (nSPS) is 14.9. The predicted molar refractivity (Wildman–Crippen MR) is 122 cm³/mol. The van der Waals surface area contributed by atoms with E-state index in [9.17, 15) is 18.0 Å². The fraction of sp³-hybridized carbons (Fsp3) is 0.391. The van der Waals surface area contributed by atoms with Crippen LogP contribution < -0.4 is 15.4 Å². The number of rotatable bonds is 7. The molecule has 2 N–H and O–H groups in total. The highest BCUT2D eigenvalue weighted by atomic mass is 32.2. The van der Waals surface area contributed by atoms with E-state index in [1.807, 2.05) is 0 Å². The third-order valence-electron chi connectivity index (χ3n) is 5.35. The lowest BCUT2D eigenvalue weighted by Crippen LogP contribution is -2.32. The first-order valence-corrected chi connectivity index (χ1v) is 12.1. The Labute approximate surface area is 189 Å². The van der Waals surface area contributed by atoms with E-state index in [1.54, 1.807) is 43.3 Å². The van der Waals surface area contributed by atoms with Gasteiger partial charge in [-0.2, -0.15) is 4.31 Å². The standard InChI is InChI=1S/C23H29N3O5S/c1-17-10-11-19(15-21(17)32(29,30)26-12-5-3-4-6-13-26)25-22(27)16-31-20-9-7-8-18(14-20)23(28)24-2/h7-11,14-15H,3-6,12-13,16H2,1-2H3,(H,24,28)(H,25,27). The minimum absolute atomic E-state index is 0.205. The van der Waals surface area contributed by atoms with Crippen LogP contribution in [0.25, 0.3) is 0 Å². The molecule has 2 aromatic rings. The van der Waals surface area contributed by atoms with Crippen LogP contribution in [0.3, 0.4) is 0 Å². The van der Waals surface area contributed by atoms with E-state index in [4.69, 9.17) is 4.74 Å². The van der Waals surface area contributed by atoms with Gasteiger partial charge in [-0.25, -0.2) is 8.42 Å². The van der Waals surface area contributed by atoms with Gasteiger partial charge in [0.1, 0.15) is 5.75 Å². The molecule has 32 heavy (non-hydrogen) atoms. The summed E-state index contributed by atoms with van der Waals surface area (Å²) in [6.45, 7) is 2.50. The highest BCUT2D eigenvalue weighted by Crippen LogP contribution is 2.26. The first-order valence-electron chi connectivity index (χ1n) is 10.7. The Kier molecular flexibility index (Phi) is 7.87. The van der Waals surface area contributed by atoms with Crippen molar-refractivity contribution < 1.29 is 22.7 Å². The van der Waals surface area contributed by atoms with Crippen LogP contribution >= 0.6 is 0 Å². The average molecular weight is 460 g/mol. The number of nitrogens with zero attached hydrogens (tertiary/aromatic N) is 1. The van der Waals surface area contributed by atoms with Gasteiger partial charge in [-0.3, -0.25) is 9.59 Å². The van der Waals surface area contributed by atoms with Crippen molar-refractivity contribution in [3.8, 4) is 5.75 Å². The van der Waals surface area contributed by atoms with Gasteiger partial charge in [-0.15, -0.1) is 0 Å². The number of anilines is 1. The molecule has 9 heteroatoms. The molecule has 8 nitrogen and oxygen atoms in total. The number of carbonyl (C=O) groups is 2. The van der Waals surface area contributed by atoms with Crippen molar-refractivity contribution in [3.05, 3.63) is 53.6 Å². The highest BCUT2D eigenvalue weighted by molar-refractivity contribution is 7.89. The number of nitrogens with one attached hydrogen (secondary N) is 2. The van der Waals surface area contributed by atoms with E-state index in [1.165, 1.54) is 17.4 Å². The number of carbonyl (C=O) groups excluding carboxylic acids is 2. The molecule has 0 aromatic heterocycles. The maximum absolute atomic E-state index is 13.2. The smallest absolute Gasteiger partial charge is 0.262 e. The Morgan fingerprint density at radius 3 is 2.44 bits per heavy atom. The Bertz CT molecular complexity index is 1080. The molecule has 172 valence electrons. The lowest BCUT2D eigenvalue weighted by Gasteiger charge is -2.21. The van der Waals surface area contributed by atoms with Crippen molar-refractivity contribution in [3.63, 3.8) is 0 Å². The van der Waals surface area contributed by atoms with Gasteiger partial charge in [0.15, 0.2) is 6.61 Å². The minimum Gasteiger partial charge on any atom is -0.484 e. The van der Waals surface area contributed by atoms with E-state index >= 15 is 0 Å². The van der Waals surface area contributed by atoms with Crippen LogP contribution in [0, 0.1) is 6.92 Å². The van der Waals surface area contributed by atoms with Gasteiger partial charge in [-0.1, -0.05) is 25.0 Å². The maximum Gasteiger partial charge on any atom is 0.262 e. The van der Waals surface area contributed by atoms with Crippen LogP contribution in [0.1, 0.15) is 41.6 Å². The number of aryl methyl sites for hydroxylation is 1. The number of amides is 2. The molecule has 0 unspecified atom stereocenters. The third kappa shape index (κ3) is 5.86. The second kappa shape index (κ2) is 10.6. The van der Waals surface area contributed by atoms with Gasteiger partial charge >= 0.3 is 0 Å². The summed E-state index contributed by atoms with van der Waals surface area (Å²) in [7, 11) is -2.10. The molecule has 0 atom stereocenters. The molecule has 2 aromatic carbocycles. The quantitative estimate of drug-likeness (QED) is 0.662. The lowest BCUT2D eigenvalue weighted by molar-refractivity contribution is -0.118. The van der Waals surface area contributed by atoms with Crippen LogP contribution in [0.4, 0.5) is 5.69 Å². The van der Waals surface area contributed by atoms with Gasteiger partial charge < -0.3 is 15.4 Å². The predicted octanol–water partition coefficient (Wildman–Crippen LogP) is 2.94. The van der Waals surface area contributed by atoms with Gasteiger partial charge in [0.25, 0.3) is 11.8 Å². The van der Waals surface area contributed by atoms with E-state index in [2.05, 4.69) is 10.6 Å². The molecule has 0 spiro atoms. The largest absolute Gasteiger partial charge is 0.484 e. The molecule has 1 fully saturated rings. The van der Waals surface area contributed by atoms with Crippen molar-refractivity contribution in [2.24, 2.45) is 0 Å². The molecule has 0 radical (unpaired) electrons. The zero-order chi connectivity index (χ0) is 23.1. The summed E-state index contributed by atoms with van der Waals surface area (Å²) in [6.07, 6.45) is 3.78. The van der Waals surface area contributed by atoms with Crippen molar-refractivity contribution >= 4 is 27.5 Å². The molecule has 0 bridgehead atoms. The number of sulfonamides is 1. The second-order valence-corrected chi connectivity index (χ2v) is 9.65. The molecule has 1 aliphatic heterocycles. The maximum atomic E-state index is 13.2. The van der Waals surface area contributed by atoms with Crippen LogP contribution in [0.2, 0.25) is 0 Å². The second-order valence-electron chi connectivity index (χ2n) is 7.74. The van der Waals surface area contributed by atoms with Gasteiger partial charge in [0.05, 0.1) is 4.90 Å². The third-order valence-corrected chi connectivity index (χ3v) is 7.39. The van der Waals surface area contributed by atoms with Crippen molar-refractivity contribution in [2.45, 2.75) is 37.5 Å². The van der Waals surface area contributed by atoms with Gasteiger partial charge in [0, 0.05) is 31.4 Å². The first kappa shape index (κ1) is 23.7. The van der Waals surface area contributed by atoms with E-state index in [-0.39, 0.29) is 17.4 Å². The molecule has 0 aliphatic carbocycles. The summed E-state index contributed by atoms with van der Waals surface area (Å²) in [5, 5.41) is 5.22. The van der Waals surface area contributed by atoms with Gasteiger partial charge in [0.2, 0.25) is 10.0 Å². The molecule has 2 amide bonds. The monoisotopic (exact) mass is 459 g/mol. The fourth-order valence-electron chi connectivity index (χ4n) is 3.59. The van der Waals surface area contributed by atoms with Gasteiger partial charge in [-0.05, 0) is 55.7 Å². The Balaban J connectivity index is 1.68. The zero-order valence-corrected chi connectivity index (χ0v) is 19.2. The number of ether oxygens (including phenoxy) is 1. The SMILES string of the molecule is CNC(=O)c1cccc(OCC(=O)Nc2ccc(C)c(S(=O)(=O)N3CCCCCC3)c2)c1. The Morgan fingerprint density at radius 1 is 1.03 bits per heavy atom. The summed E-state index contributed by atoms with van der Waals surface area (Å²) in [5.41, 5.74) is 1.44. The summed E-state index contributed by atoms with van der Waals surface area (Å²) in [6, 6.07) is 11.4. The summed E-state index contributed by atoms with van der Waals surface area (Å²) >= 11 is 0. The molecule has 1 heterocycles. The molecule has 0 saturated carbocycles. The average Bonchev–Trinajstić information content (AvgIpc) is 3.09. The number of benzene rings is 2. The summed E-state index contributed by atoms with van der Waals surface area (Å²) in [5.74, 6) is -0.301. The molecule has 1 saturated heterocycles. The van der Waals surface area contributed by atoms with E-state index in [0.717, 1.165) is 25.7 Å². The molecular weight excluding hydrogens is 430 g/mol. The van der Waals surface area contributed by atoms with E-state index in [0.29, 0.717) is 35.7 Å². The first-order chi connectivity index (χ1) is 15.3. The van der Waals surface area contributed by atoms with Crippen LogP contribution in [0.5, 0.6) is 5.75 Å². The minimum atomic E-state index is -3.63. The topological polar surface area (TPSA) is 105 Å². The Hall–Kier alpha value is -2.91. The zero-order valence-electron chi connectivity index (χ0n) is 18.4.